The van der Waals surface area contributed by atoms with Gasteiger partial charge in [-0.2, -0.15) is 0 Å². The number of benzene rings is 2. The van der Waals surface area contributed by atoms with Gasteiger partial charge in [-0.3, -0.25) is 0 Å². The van der Waals surface area contributed by atoms with Gasteiger partial charge in [0.2, 0.25) is 0 Å². The Hall–Kier alpha value is -2.20. The molecule has 3 aromatic rings. The maximum Gasteiger partial charge on any atom is 0.165 e. The number of hydrogen-bond acceptors (Lipinski definition) is 3. The van der Waals surface area contributed by atoms with Crippen molar-refractivity contribution < 1.29 is 9.13 Å². The van der Waals surface area contributed by atoms with Gasteiger partial charge in [0.05, 0.1) is 11.2 Å². The van der Waals surface area contributed by atoms with Crippen molar-refractivity contribution in [3.63, 3.8) is 0 Å². The Bertz CT molecular complexity index is 683. The first kappa shape index (κ1) is 12.8. The summed E-state index contributed by atoms with van der Waals surface area (Å²) in [6, 6.07) is 14.6. The molecule has 0 aliphatic heterocycles. The van der Waals surface area contributed by atoms with Crippen LogP contribution in [0.2, 0.25) is 0 Å². The van der Waals surface area contributed by atoms with Gasteiger partial charge in [0.25, 0.3) is 0 Å². The van der Waals surface area contributed by atoms with E-state index in [1.807, 2.05) is 41.8 Å². The van der Waals surface area contributed by atoms with Gasteiger partial charge in [-0.15, -0.1) is 11.3 Å². The van der Waals surface area contributed by atoms with Gasteiger partial charge in [-0.1, -0.05) is 30.3 Å². The predicted octanol–water partition coefficient (Wildman–Crippen LogP) is 4.53. The molecule has 0 aliphatic carbocycles. The van der Waals surface area contributed by atoms with E-state index in [0.717, 1.165) is 16.8 Å². The molecule has 0 saturated heterocycles. The van der Waals surface area contributed by atoms with Crippen LogP contribution < -0.4 is 4.74 Å². The number of rotatable bonds is 4. The average molecular weight is 285 g/mol. The molecule has 2 aromatic carbocycles. The van der Waals surface area contributed by atoms with Crippen molar-refractivity contribution >= 4 is 11.3 Å². The van der Waals surface area contributed by atoms with E-state index in [1.54, 1.807) is 11.6 Å². The van der Waals surface area contributed by atoms with Crippen LogP contribution in [0.3, 0.4) is 0 Å². The minimum Gasteiger partial charge on any atom is -0.486 e. The summed E-state index contributed by atoms with van der Waals surface area (Å²) in [4.78, 5) is 4.16. The van der Waals surface area contributed by atoms with E-state index >= 15 is 0 Å². The van der Waals surface area contributed by atoms with Crippen LogP contribution in [-0.4, -0.2) is 4.98 Å². The molecule has 0 N–H and O–H groups in total. The normalized spacial score (nSPS) is 10.4. The number of nitrogens with zero attached hydrogens (tertiary/aromatic N) is 1. The number of ether oxygens (including phenoxy) is 1. The number of aromatic nitrogens is 1. The Balaban J connectivity index is 1.75. The molecule has 100 valence electrons. The highest BCUT2D eigenvalue weighted by Gasteiger charge is 2.07. The maximum absolute atomic E-state index is 14.0. The van der Waals surface area contributed by atoms with E-state index in [0.29, 0.717) is 6.61 Å². The summed E-state index contributed by atoms with van der Waals surface area (Å²) < 4.78 is 19.5. The summed E-state index contributed by atoms with van der Waals surface area (Å²) in [5, 5.41) is 1.89. The Morgan fingerprint density at radius 3 is 2.65 bits per heavy atom. The van der Waals surface area contributed by atoms with Gasteiger partial charge < -0.3 is 4.74 Å². The summed E-state index contributed by atoms with van der Waals surface area (Å²) >= 11 is 1.49. The first-order valence-corrected chi connectivity index (χ1v) is 7.12. The molecule has 0 radical (unpaired) electrons. The molecule has 0 fully saturated rings. The summed E-state index contributed by atoms with van der Waals surface area (Å²) in [6.45, 7) is 0.355. The molecule has 4 heteroatoms. The quantitative estimate of drug-likeness (QED) is 0.702. The second-order valence-corrected chi connectivity index (χ2v) is 5.01. The van der Waals surface area contributed by atoms with Crippen LogP contribution in [-0.2, 0) is 6.61 Å². The molecular weight excluding hydrogens is 273 g/mol. The van der Waals surface area contributed by atoms with Crippen LogP contribution in [0.15, 0.2) is 59.4 Å². The fourth-order valence-corrected chi connectivity index (χ4v) is 2.43. The molecule has 0 aliphatic rings. The van der Waals surface area contributed by atoms with Crippen LogP contribution in [0.5, 0.6) is 5.75 Å². The maximum atomic E-state index is 14.0. The van der Waals surface area contributed by atoms with Crippen LogP contribution in [0.25, 0.3) is 11.3 Å². The monoisotopic (exact) mass is 285 g/mol. The van der Waals surface area contributed by atoms with Gasteiger partial charge in [-0.25, -0.2) is 9.37 Å². The molecule has 1 aromatic heterocycles. The van der Waals surface area contributed by atoms with E-state index in [4.69, 9.17) is 4.74 Å². The molecular formula is C16H12FNOS. The zero-order valence-electron chi connectivity index (χ0n) is 10.6. The molecule has 1 heterocycles. The summed E-state index contributed by atoms with van der Waals surface area (Å²) in [6.07, 6.45) is 0. The molecule has 0 bridgehead atoms. The predicted molar refractivity (Wildman–Crippen MR) is 78.3 cm³/mol. The molecule has 0 atom stereocenters. The summed E-state index contributed by atoms with van der Waals surface area (Å²) in [7, 11) is 0. The topological polar surface area (TPSA) is 22.1 Å². The third kappa shape index (κ3) is 2.86. The lowest BCUT2D eigenvalue weighted by molar-refractivity contribution is 0.290. The van der Waals surface area contributed by atoms with Crippen LogP contribution >= 0.6 is 11.3 Å². The minimum atomic E-state index is -0.369. The summed E-state index contributed by atoms with van der Waals surface area (Å²) in [5.41, 5.74) is 4.28. The second kappa shape index (κ2) is 5.84. The van der Waals surface area contributed by atoms with E-state index in [2.05, 4.69) is 4.98 Å². The van der Waals surface area contributed by atoms with Gasteiger partial charge in [0.1, 0.15) is 6.61 Å². The first-order chi connectivity index (χ1) is 9.83. The van der Waals surface area contributed by atoms with Crippen LogP contribution in [0.4, 0.5) is 4.39 Å². The van der Waals surface area contributed by atoms with Gasteiger partial charge >= 0.3 is 0 Å². The average Bonchev–Trinajstić information content (AvgIpc) is 3.01. The zero-order valence-corrected chi connectivity index (χ0v) is 11.4. The second-order valence-electron chi connectivity index (χ2n) is 4.29. The van der Waals surface area contributed by atoms with E-state index in [-0.39, 0.29) is 11.6 Å². The van der Waals surface area contributed by atoms with Crippen molar-refractivity contribution in [3.8, 4) is 17.0 Å². The number of halogens is 1. The van der Waals surface area contributed by atoms with Crippen molar-refractivity contribution in [1.29, 1.82) is 0 Å². The lowest BCUT2D eigenvalue weighted by atomic mass is 10.1. The third-order valence-electron chi connectivity index (χ3n) is 2.90. The van der Waals surface area contributed by atoms with Crippen molar-refractivity contribution in [2.24, 2.45) is 0 Å². The van der Waals surface area contributed by atoms with Gasteiger partial charge in [0.15, 0.2) is 11.6 Å². The van der Waals surface area contributed by atoms with E-state index < -0.39 is 0 Å². The molecule has 2 nitrogen and oxygen atoms in total. The fraction of sp³-hybridized carbons (Fsp3) is 0.0625. The Labute approximate surface area is 120 Å². The highest BCUT2D eigenvalue weighted by molar-refractivity contribution is 7.07. The van der Waals surface area contributed by atoms with Crippen molar-refractivity contribution in [2.75, 3.05) is 0 Å². The Kier molecular flexibility index (Phi) is 3.74. The standard InChI is InChI=1S/C16H12FNOS/c17-14-8-13(15-10-20-11-18-15)6-7-16(14)19-9-12-4-2-1-3-5-12/h1-8,10-11H,9H2. The minimum absolute atomic E-state index is 0.257. The SMILES string of the molecule is Fc1cc(-c2cscn2)ccc1OCc1ccccc1. The fourth-order valence-electron chi connectivity index (χ4n) is 1.87. The van der Waals surface area contributed by atoms with Crippen molar-refractivity contribution in [1.82, 2.24) is 4.98 Å². The van der Waals surface area contributed by atoms with E-state index in [9.17, 15) is 4.39 Å². The number of thiazole rings is 1. The Morgan fingerprint density at radius 1 is 1.10 bits per heavy atom. The lowest BCUT2D eigenvalue weighted by Gasteiger charge is -2.08. The smallest absolute Gasteiger partial charge is 0.165 e. The lowest BCUT2D eigenvalue weighted by Crippen LogP contribution is -1.97. The highest BCUT2D eigenvalue weighted by atomic mass is 32.1. The molecule has 0 unspecified atom stereocenters. The number of hydrogen-bond donors (Lipinski definition) is 0. The van der Waals surface area contributed by atoms with E-state index in [1.165, 1.54) is 17.4 Å². The molecule has 0 saturated carbocycles. The van der Waals surface area contributed by atoms with Crippen molar-refractivity contribution in [2.45, 2.75) is 6.61 Å². The third-order valence-corrected chi connectivity index (χ3v) is 3.48. The highest BCUT2D eigenvalue weighted by Crippen LogP contribution is 2.26. The molecule has 20 heavy (non-hydrogen) atoms. The molecule has 3 rings (SSSR count). The van der Waals surface area contributed by atoms with Crippen LogP contribution in [0.1, 0.15) is 5.56 Å². The van der Waals surface area contributed by atoms with Crippen molar-refractivity contribution in [3.05, 3.63) is 70.8 Å². The first-order valence-electron chi connectivity index (χ1n) is 6.18. The molecule has 0 amide bonds. The molecule has 0 spiro atoms. The summed E-state index contributed by atoms with van der Waals surface area (Å²) in [5.74, 6) is -0.112. The van der Waals surface area contributed by atoms with Gasteiger partial charge in [-0.05, 0) is 23.8 Å². The zero-order chi connectivity index (χ0) is 13.8. The largest absolute Gasteiger partial charge is 0.486 e. The Morgan fingerprint density at radius 2 is 1.95 bits per heavy atom. The van der Waals surface area contributed by atoms with Crippen LogP contribution in [0, 0.1) is 5.82 Å². The van der Waals surface area contributed by atoms with Gasteiger partial charge in [0, 0.05) is 10.9 Å².